The number of benzene rings is 1. The van der Waals surface area contributed by atoms with Crippen molar-refractivity contribution in [1.29, 1.82) is 0 Å². The van der Waals surface area contributed by atoms with Crippen LogP contribution in [0.3, 0.4) is 0 Å². The van der Waals surface area contributed by atoms with Crippen molar-refractivity contribution in [2.45, 2.75) is 26.2 Å². The number of rotatable bonds is 6. The molecule has 0 aliphatic heterocycles. The highest BCUT2D eigenvalue weighted by Crippen LogP contribution is 2.26. The van der Waals surface area contributed by atoms with E-state index in [1.165, 1.54) is 5.56 Å². The van der Waals surface area contributed by atoms with Gasteiger partial charge in [-0.3, -0.25) is 4.79 Å². The first-order valence-electron chi connectivity index (χ1n) is 6.74. The van der Waals surface area contributed by atoms with Crippen LogP contribution < -0.4 is 5.32 Å². The molecule has 0 fully saturated rings. The molecule has 1 aromatic carbocycles. The molecule has 0 radical (unpaired) electrons. The molecule has 110 valence electrons. The predicted molar refractivity (Wildman–Crippen MR) is 84.0 cm³/mol. The van der Waals surface area contributed by atoms with Crippen molar-refractivity contribution >= 4 is 28.2 Å². The highest BCUT2D eigenvalue weighted by atomic mass is 32.1. The van der Waals surface area contributed by atoms with E-state index < -0.39 is 5.97 Å². The Morgan fingerprint density at radius 2 is 1.95 bits per heavy atom. The van der Waals surface area contributed by atoms with Gasteiger partial charge in [-0.05, 0) is 37.0 Å². The third-order valence-electron chi connectivity index (χ3n) is 3.09. The van der Waals surface area contributed by atoms with Crippen molar-refractivity contribution in [3.8, 4) is 0 Å². The summed E-state index contributed by atoms with van der Waals surface area (Å²) < 4.78 is 0. The zero-order valence-electron chi connectivity index (χ0n) is 11.8. The number of nitrogens with one attached hydrogen (secondary N) is 1. The van der Waals surface area contributed by atoms with Gasteiger partial charge in [0.2, 0.25) is 5.91 Å². The number of carboxylic acids is 1. The number of amides is 1. The Hall–Kier alpha value is -2.14. The summed E-state index contributed by atoms with van der Waals surface area (Å²) in [7, 11) is 0. The van der Waals surface area contributed by atoms with Gasteiger partial charge in [0, 0.05) is 6.42 Å². The van der Waals surface area contributed by atoms with Crippen LogP contribution in [0.4, 0.5) is 5.00 Å². The highest BCUT2D eigenvalue weighted by molar-refractivity contribution is 7.18. The average molecular weight is 303 g/mol. The molecule has 2 N–H and O–H groups in total. The van der Waals surface area contributed by atoms with E-state index in [9.17, 15) is 9.59 Å². The number of aromatic carboxylic acids is 1. The topological polar surface area (TPSA) is 66.4 Å². The van der Waals surface area contributed by atoms with Crippen LogP contribution >= 0.6 is 11.3 Å². The normalized spacial score (nSPS) is 10.3. The fourth-order valence-corrected chi connectivity index (χ4v) is 2.98. The Morgan fingerprint density at radius 3 is 2.57 bits per heavy atom. The molecule has 0 saturated carbocycles. The maximum absolute atomic E-state index is 11.8. The fourth-order valence-electron chi connectivity index (χ4n) is 2.05. The first-order chi connectivity index (χ1) is 10.1. The lowest BCUT2D eigenvalue weighted by atomic mass is 10.1. The van der Waals surface area contributed by atoms with Crippen LogP contribution in [-0.4, -0.2) is 17.0 Å². The second-order valence-electron chi connectivity index (χ2n) is 4.82. The molecule has 1 amide bonds. The Bertz CT molecular complexity index is 634. The van der Waals surface area contributed by atoms with Crippen LogP contribution in [0.1, 0.15) is 33.6 Å². The number of hydrogen-bond donors (Lipinski definition) is 2. The average Bonchev–Trinajstić information content (AvgIpc) is 2.81. The van der Waals surface area contributed by atoms with Crippen LogP contribution in [0.25, 0.3) is 0 Å². The number of thiophene rings is 1. The summed E-state index contributed by atoms with van der Waals surface area (Å²) >= 11 is 1.09. The van der Waals surface area contributed by atoms with Crippen molar-refractivity contribution in [3.63, 3.8) is 0 Å². The molecular weight excluding hydrogens is 286 g/mol. The van der Waals surface area contributed by atoms with Gasteiger partial charge in [-0.25, -0.2) is 4.79 Å². The molecule has 0 bridgehead atoms. The van der Waals surface area contributed by atoms with Crippen molar-refractivity contribution in [1.82, 2.24) is 0 Å². The Kier molecular flexibility index (Phi) is 5.11. The largest absolute Gasteiger partial charge is 0.477 e. The van der Waals surface area contributed by atoms with Gasteiger partial charge in [0.25, 0.3) is 0 Å². The van der Waals surface area contributed by atoms with Crippen molar-refractivity contribution in [3.05, 3.63) is 52.4 Å². The first kappa shape index (κ1) is 15.3. The van der Waals surface area contributed by atoms with Gasteiger partial charge in [0.15, 0.2) is 0 Å². The molecule has 0 atom stereocenters. The zero-order valence-corrected chi connectivity index (χ0v) is 12.6. The zero-order chi connectivity index (χ0) is 15.2. The summed E-state index contributed by atoms with van der Waals surface area (Å²) in [6, 6.07) is 11.7. The van der Waals surface area contributed by atoms with E-state index in [1.54, 1.807) is 13.0 Å². The molecule has 0 aliphatic rings. The van der Waals surface area contributed by atoms with Gasteiger partial charge in [-0.15, -0.1) is 11.3 Å². The van der Waals surface area contributed by atoms with Crippen molar-refractivity contribution < 1.29 is 14.7 Å². The molecule has 1 aromatic heterocycles. The van der Waals surface area contributed by atoms with E-state index >= 15 is 0 Å². The Morgan fingerprint density at radius 1 is 1.24 bits per heavy atom. The monoisotopic (exact) mass is 303 g/mol. The molecule has 4 nitrogen and oxygen atoms in total. The summed E-state index contributed by atoms with van der Waals surface area (Å²) in [6.07, 6.45) is 2.05. The van der Waals surface area contributed by atoms with Crippen LogP contribution in [-0.2, 0) is 11.2 Å². The predicted octanol–water partition coefficient (Wildman–Crippen LogP) is 3.72. The van der Waals surface area contributed by atoms with E-state index in [-0.39, 0.29) is 10.8 Å². The molecular formula is C16H17NO3S. The third-order valence-corrected chi connectivity index (χ3v) is 4.23. The lowest BCUT2D eigenvalue weighted by molar-refractivity contribution is -0.116. The van der Waals surface area contributed by atoms with E-state index in [4.69, 9.17) is 5.11 Å². The van der Waals surface area contributed by atoms with Gasteiger partial charge in [-0.1, -0.05) is 30.3 Å². The van der Waals surface area contributed by atoms with Crippen molar-refractivity contribution in [2.24, 2.45) is 0 Å². The standard InChI is InChI=1S/C16H17NO3S/c1-11-10-14(21-15(11)16(19)20)17-13(18)9-5-8-12-6-3-2-4-7-12/h2-4,6-7,10H,5,8-9H2,1H3,(H,17,18)(H,19,20). The van der Waals surface area contributed by atoms with Gasteiger partial charge < -0.3 is 10.4 Å². The number of carbonyl (C=O) groups excluding carboxylic acids is 1. The van der Waals surface area contributed by atoms with E-state index in [0.29, 0.717) is 17.0 Å². The number of hydrogen-bond acceptors (Lipinski definition) is 3. The SMILES string of the molecule is Cc1cc(NC(=O)CCCc2ccccc2)sc1C(=O)O. The summed E-state index contributed by atoms with van der Waals surface area (Å²) in [6.45, 7) is 1.73. The van der Waals surface area contributed by atoms with Crippen LogP contribution in [0, 0.1) is 6.92 Å². The van der Waals surface area contributed by atoms with Crippen LogP contribution in [0.15, 0.2) is 36.4 Å². The summed E-state index contributed by atoms with van der Waals surface area (Å²) in [5.74, 6) is -1.04. The summed E-state index contributed by atoms with van der Waals surface area (Å²) in [5, 5.41) is 12.3. The highest BCUT2D eigenvalue weighted by Gasteiger charge is 2.13. The number of aryl methyl sites for hydroxylation is 2. The Labute approximate surface area is 127 Å². The fraction of sp³-hybridized carbons (Fsp3) is 0.250. The first-order valence-corrected chi connectivity index (χ1v) is 7.55. The molecule has 1 heterocycles. The summed E-state index contributed by atoms with van der Waals surface area (Å²) in [4.78, 5) is 23.1. The number of carbonyl (C=O) groups is 2. The lowest BCUT2D eigenvalue weighted by Gasteiger charge is -2.03. The minimum Gasteiger partial charge on any atom is -0.477 e. The van der Waals surface area contributed by atoms with Crippen molar-refractivity contribution in [2.75, 3.05) is 5.32 Å². The second-order valence-corrected chi connectivity index (χ2v) is 5.87. The molecule has 0 unspecified atom stereocenters. The van der Waals surface area contributed by atoms with Crippen LogP contribution in [0.2, 0.25) is 0 Å². The quantitative estimate of drug-likeness (QED) is 0.854. The molecule has 21 heavy (non-hydrogen) atoms. The number of anilines is 1. The van der Waals surface area contributed by atoms with Gasteiger partial charge in [0.1, 0.15) is 4.88 Å². The van der Waals surface area contributed by atoms with Crippen LogP contribution in [0.5, 0.6) is 0 Å². The minimum atomic E-state index is -0.956. The van der Waals surface area contributed by atoms with Gasteiger partial charge in [0.05, 0.1) is 5.00 Å². The number of carboxylic acid groups (broad SMARTS) is 1. The molecule has 2 aromatic rings. The summed E-state index contributed by atoms with van der Waals surface area (Å²) in [5.41, 5.74) is 1.89. The molecule has 0 spiro atoms. The molecule has 0 aliphatic carbocycles. The molecule has 0 saturated heterocycles. The smallest absolute Gasteiger partial charge is 0.346 e. The third kappa shape index (κ3) is 4.43. The second kappa shape index (κ2) is 7.04. The molecule has 2 rings (SSSR count). The van der Waals surface area contributed by atoms with E-state index in [2.05, 4.69) is 5.32 Å². The lowest BCUT2D eigenvalue weighted by Crippen LogP contribution is -2.10. The molecule has 5 heteroatoms. The van der Waals surface area contributed by atoms with E-state index in [0.717, 1.165) is 24.2 Å². The minimum absolute atomic E-state index is 0.0795. The van der Waals surface area contributed by atoms with Gasteiger partial charge >= 0.3 is 5.97 Å². The van der Waals surface area contributed by atoms with E-state index in [1.807, 2.05) is 30.3 Å². The maximum atomic E-state index is 11.8. The maximum Gasteiger partial charge on any atom is 0.346 e. The Balaban J connectivity index is 1.82. The van der Waals surface area contributed by atoms with Gasteiger partial charge in [-0.2, -0.15) is 0 Å².